The Balaban J connectivity index is 1.59. The third kappa shape index (κ3) is 5.20. The zero-order valence-electron chi connectivity index (χ0n) is 17.4. The number of benzene rings is 3. The van der Waals surface area contributed by atoms with E-state index in [0.717, 1.165) is 29.5 Å². The van der Waals surface area contributed by atoms with E-state index in [1.807, 2.05) is 0 Å². The van der Waals surface area contributed by atoms with Crippen LogP contribution >= 0.6 is 11.3 Å². The number of phenolic OH excluding ortho intramolecular Hbond substituents is 1. The molecule has 0 aliphatic heterocycles. The number of thiazole rings is 1. The van der Waals surface area contributed by atoms with Gasteiger partial charge in [0.2, 0.25) is 0 Å². The van der Waals surface area contributed by atoms with E-state index in [9.17, 15) is 27.1 Å². The van der Waals surface area contributed by atoms with Crippen molar-refractivity contribution < 1.29 is 27.1 Å². The topological polar surface area (TPSA) is 69.9 Å². The largest absolute Gasteiger partial charge is 0.508 e. The number of hydrogen-bond donors (Lipinski definition) is 2. The molecule has 0 bridgehead atoms. The van der Waals surface area contributed by atoms with Crippen molar-refractivity contribution in [1.82, 2.24) is 4.98 Å². The van der Waals surface area contributed by atoms with Gasteiger partial charge in [-0.15, -0.1) is 16.5 Å². The molecule has 1 heterocycles. The third-order valence-corrected chi connectivity index (χ3v) is 5.47. The van der Waals surface area contributed by atoms with Crippen molar-refractivity contribution >= 4 is 33.5 Å². The average Bonchev–Trinajstić information content (AvgIpc) is 3.23. The lowest BCUT2D eigenvalue weighted by Gasteiger charge is -2.09. The summed E-state index contributed by atoms with van der Waals surface area (Å²) in [7, 11) is 0. The highest BCUT2D eigenvalue weighted by Crippen LogP contribution is 2.35. The summed E-state index contributed by atoms with van der Waals surface area (Å²) in [5.41, 5.74) is 0.121. The van der Waals surface area contributed by atoms with Gasteiger partial charge in [0.1, 0.15) is 17.3 Å². The number of aromatic nitrogens is 1. The molecule has 0 aliphatic rings. The monoisotopic (exact) mass is 490 g/mol. The molecule has 4 rings (SSSR count). The quantitative estimate of drug-likeness (QED) is 0.218. The number of anilines is 2. The third-order valence-electron chi connectivity index (χ3n) is 4.71. The Labute approximate surface area is 194 Å². The zero-order chi connectivity index (χ0) is 24.5. The van der Waals surface area contributed by atoms with E-state index in [1.54, 1.807) is 13.0 Å². The lowest BCUT2D eigenvalue weighted by atomic mass is 10.1. The van der Waals surface area contributed by atoms with Gasteiger partial charge >= 0.3 is 6.18 Å². The number of aromatic hydroxyl groups is 1. The maximum Gasteiger partial charge on any atom is 0.416 e. The second-order valence-electron chi connectivity index (χ2n) is 7.20. The number of aryl methyl sites for hydroxylation is 1. The highest BCUT2D eigenvalue weighted by Gasteiger charge is 2.30. The molecule has 0 fully saturated rings. The lowest BCUT2D eigenvalue weighted by molar-refractivity contribution is -0.137. The van der Waals surface area contributed by atoms with Crippen molar-refractivity contribution in [2.45, 2.75) is 13.1 Å². The van der Waals surface area contributed by atoms with Crippen LogP contribution in [0.1, 0.15) is 11.1 Å². The minimum Gasteiger partial charge on any atom is -0.508 e. The van der Waals surface area contributed by atoms with E-state index in [1.165, 1.54) is 29.6 Å². The maximum atomic E-state index is 14.5. The molecule has 0 saturated carbocycles. The van der Waals surface area contributed by atoms with Gasteiger partial charge in [0, 0.05) is 22.7 Å². The number of azo groups is 1. The number of halogens is 5. The van der Waals surface area contributed by atoms with Crippen LogP contribution in [0.15, 0.2) is 70.2 Å². The molecule has 174 valence electrons. The Kier molecular flexibility index (Phi) is 6.29. The van der Waals surface area contributed by atoms with Gasteiger partial charge in [-0.1, -0.05) is 6.07 Å². The predicted molar refractivity (Wildman–Crippen MR) is 119 cm³/mol. The number of nitrogens with one attached hydrogen (secondary N) is 1. The van der Waals surface area contributed by atoms with Crippen molar-refractivity contribution in [3.8, 4) is 17.0 Å². The Hall–Kier alpha value is -3.86. The van der Waals surface area contributed by atoms with Crippen LogP contribution in [0.25, 0.3) is 11.3 Å². The van der Waals surface area contributed by atoms with Crippen molar-refractivity contribution in [1.29, 1.82) is 0 Å². The van der Waals surface area contributed by atoms with E-state index < -0.39 is 23.4 Å². The molecule has 0 saturated heterocycles. The van der Waals surface area contributed by atoms with Crippen LogP contribution in [0.5, 0.6) is 5.75 Å². The van der Waals surface area contributed by atoms with Crippen LogP contribution in [0.2, 0.25) is 0 Å². The Morgan fingerprint density at radius 1 is 0.971 bits per heavy atom. The second kappa shape index (κ2) is 9.18. The summed E-state index contributed by atoms with van der Waals surface area (Å²) < 4.78 is 67.5. The van der Waals surface area contributed by atoms with Gasteiger partial charge < -0.3 is 10.4 Å². The summed E-state index contributed by atoms with van der Waals surface area (Å²) >= 11 is 1.04. The van der Waals surface area contributed by atoms with Gasteiger partial charge in [0.25, 0.3) is 0 Å². The Bertz CT molecular complexity index is 1380. The number of nitrogens with zero attached hydrogens (tertiary/aromatic N) is 3. The van der Waals surface area contributed by atoms with E-state index in [4.69, 9.17) is 0 Å². The number of alkyl halides is 3. The predicted octanol–water partition coefficient (Wildman–Crippen LogP) is 8.28. The van der Waals surface area contributed by atoms with Gasteiger partial charge in [-0.05, 0) is 55.0 Å². The lowest BCUT2D eigenvalue weighted by Crippen LogP contribution is -2.05. The van der Waals surface area contributed by atoms with Gasteiger partial charge in [0.15, 0.2) is 10.9 Å². The van der Waals surface area contributed by atoms with Gasteiger partial charge in [-0.3, -0.25) is 0 Å². The zero-order valence-corrected chi connectivity index (χ0v) is 18.2. The van der Waals surface area contributed by atoms with Crippen LogP contribution in [0, 0.1) is 18.6 Å². The molecule has 0 unspecified atom stereocenters. The number of phenols is 1. The average molecular weight is 490 g/mol. The summed E-state index contributed by atoms with van der Waals surface area (Å²) in [5.74, 6) is -1.74. The summed E-state index contributed by atoms with van der Waals surface area (Å²) in [6, 6.07) is 10.8. The Morgan fingerprint density at radius 3 is 2.50 bits per heavy atom. The molecule has 0 spiro atoms. The van der Waals surface area contributed by atoms with Gasteiger partial charge in [-0.25, -0.2) is 13.8 Å². The highest BCUT2D eigenvalue weighted by atomic mass is 32.1. The van der Waals surface area contributed by atoms with Crippen LogP contribution in [0.3, 0.4) is 0 Å². The first-order valence-corrected chi connectivity index (χ1v) is 10.6. The second-order valence-corrected chi connectivity index (χ2v) is 8.05. The maximum absolute atomic E-state index is 14.5. The van der Waals surface area contributed by atoms with E-state index in [-0.39, 0.29) is 33.5 Å². The molecule has 4 aromatic rings. The fourth-order valence-electron chi connectivity index (χ4n) is 2.98. The Morgan fingerprint density at radius 2 is 1.76 bits per heavy atom. The fraction of sp³-hybridized carbons (Fsp3) is 0.0870. The van der Waals surface area contributed by atoms with Crippen molar-refractivity contribution in [2.75, 3.05) is 5.32 Å². The number of rotatable bonds is 5. The van der Waals surface area contributed by atoms with Crippen molar-refractivity contribution in [3.63, 3.8) is 0 Å². The molecular formula is C23H15F5N4OS. The smallest absolute Gasteiger partial charge is 0.416 e. The fourth-order valence-corrected chi connectivity index (χ4v) is 3.71. The van der Waals surface area contributed by atoms with Crippen LogP contribution in [0.4, 0.5) is 44.1 Å². The molecule has 3 aromatic carbocycles. The normalized spacial score (nSPS) is 11.8. The summed E-state index contributed by atoms with van der Waals surface area (Å²) in [4.78, 5) is 4.20. The van der Waals surface area contributed by atoms with Crippen molar-refractivity contribution in [2.24, 2.45) is 10.2 Å². The summed E-state index contributed by atoms with van der Waals surface area (Å²) in [5, 5.41) is 21.8. The summed E-state index contributed by atoms with van der Waals surface area (Å²) in [6.07, 6.45) is -4.49. The van der Waals surface area contributed by atoms with Gasteiger partial charge in [0.05, 0.1) is 16.9 Å². The minimum atomic E-state index is -4.49. The highest BCUT2D eigenvalue weighted by molar-refractivity contribution is 7.14. The van der Waals surface area contributed by atoms with Gasteiger partial charge in [-0.2, -0.15) is 18.3 Å². The molecule has 1 aromatic heterocycles. The first-order valence-electron chi connectivity index (χ1n) is 9.71. The molecular weight excluding hydrogens is 475 g/mol. The van der Waals surface area contributed by atoms with Crippen molar-refractivity contribution in [3.05, 3.63) is 82.7 Å². The first kappa shape index (κ1) is 23.3. The van der Waals surface area contributed by atoms with Crippen LogP contribution in [-0.2, 0) is 6.18 Å². The van der Waals surface area contributed by atoms with Crippen LogP contribution < -0.4 is 5.32 Å². The molecule has 2 N–H and O–H groups in total. The molecule has 0 atom stereocenters. The molecule has 34 heavy (non-hydrogen) atoms. The molecule has 0 radical (unpaired) electrons. The summed E-state index contributed by atoms with van der Waals surface area (Å²) in [6.45, 7) is 1.66. The van der Waals surface area contributed by atoms with E-state index >= 15 is 0 Å². The van der Waals surface area contributed by atoms with E-state index in [0.29, 0.717) is 17.3 Å². The van der Waals surface area contributed by atoms with E-state index in [2.05, 4.69) is 20.5 Å². The van der Waals surface area contributed by atoms with Crippen LogP contribution in [-0.4, -0.2) is 10.1 Å². The molecule has 11 heteroatoms. The molecule has 5 nitrogen and oxygen atoms in total. The molecule has 0 amide bonds. The standard InChI is InChI=1S/C23H15F5N4OS/c1-12-7-15(5-6-21(12)33)31-32-19-9-16(17(24)10-18(19)25)20-11-34-22(30-20)29-14-4-2-3-13(8-14)23(26,27)28/h2-11,33H,1H3,(H,29,30). The molecule has 0 aliphatic carbocycles. The first-order chi connectivity index (χ1) is 16.1. The number of hydrogen-bond acceptors (Lipinski definition) is 6. The SMILES string of the molecule is Cc1cc(N=Nc2cc(-c3csc(Nc4cccc(C(F)(F)F)c4)n3)c(F)cc2F)ccc1O. The minimum absolute atomic E-state index is 0.0504.